The number of aryl methyl sites for hydroxylation is 3. The summed E-state index contributed by atoms with van der Waals surface area (Å²) in [5.41, 5.74) is 2.09. The summed E-state index contributed by atoms with van der Waals surface area (Å²) in [5.74, 6) is 2.35. The summed E-state index contributed by atoms with van der Waals surface area (Å²) in [6.45, 7) is 9.65. The van der Waals surface area contributed by atoms with E-state index in [0.717, 1.165) is 11.3 Å². The van der Waals surface area contributed by atoms with Gasteiger partial charge in [-0.2, -0.15) is 4.98 Å². The van der Waals surface area contributed by atoms with Gasteiger partial charge in [0.1, 0.15) is 18.4 Å². The highest BCUT2D eigenvalue weighted by Gasteiger charge is 2.25. The molecular formula is C21H26N4O5. The van der Waals surface area contributed by atoms with Gasteiger partial charge in [-0.15, -0.1) is 0 Å². The van der Waals surface area contributed by atoms with E-state index in [1.807, 2.05) is 27.7 Å². The first-order chi connectivity index (χ1) is 14.3. The SMILES string of the molecule is COc1cc(C(=O)NC(c2nc(C)no2)C(C)C)ccc1OCc1c(C)noc1C. The third kappa shape index (κ3) is 4.61. The van der Waals surface area contributed by atoms with Gasteiger partial charge in [0.05, 0.1) is 18.4 Å². The molecule has 0 aliphatic rings. The Morgan fingerprint density at radius 1 is 1.13 bits per heavy atom. The number of benzene rings is 1. The fraction of sp³-hybridized carbons (Fsp3) is 0.429. The van der Waals surface area contributed by atoms with Crippen LogP contribution in [0.3, 0.4) is 0 Å². The monoisotopic (exact) mass is 414 g/mol. The Kier molecular flexibility index (Phi) is 6.39. The number of aromatic nitrogens is 3. The summed E-state index contributed by atoms with van der Waals surface area (Å²) in [7, 11) is 1.53. The molecule has 0 bridgehead atoms. The third-order valence-electron chi connectivity index (χ3n) is 4.74. The molecule has 2 heterocycles. The van der Waals surface area contributed by atoms with Crippen LogP contribution in [0.5, 0.6) is 11.5 Å². The number of ether oxygens (including phenoxy) is 2. The predicted molar refractivity (Wildman–Crippen MR) is 107 cm³/mol. The molecule has 1 amide bonds. The van der Waals surface area contributed by atoms with Crippen LogP contribution in [0.25, 0.3) is 0 Å². The average Bonchev–Trinajstić information content (AvgIpc) is 3.29. The van der Waals surface area contributed by atoms with E-state index in [0.29, 0.717) is 34.5 Å². The van der Waals surface area contributed by atoms with Gasteiger partial charge in [-0.1, -0.05) is 24.2 Å². The van der Waals surface area contributed by atoms with Crippen molar-refractivity contribution in [3.8, 4) is 11.5 Å². The van der Waals surface area contributed by atoms with Gasteiger partial charge in [-0.3, -0.25) is 4.79 Å². The second-order valence-corrected chi connectivity index (χ2v) is 7.33. The van der Waals surface area contributed by atoms with Crippen molar-refractivity contribution in [3.05, 3.63) is 52.5 Å². The second kappa shape index (κ2) is 8.98. The van der Waals surface area contributed by atoms with Gasteiger partial charge in [-0.05, 0) is 44.9 Å². The third-order valence-corrected chi connectivity index (χ3v) is 4.74. The van der Waals surface area contributed by atoms with Gasteiger partial charge in [-0.25, -0.2) is 0 Å². The Morgan fingerprint density at radius 2 is 1.90 bits per heavy atom. The van der Waals surface area contributed by atoms with E-state index in [-0.39, 0.29) is 18.4 Å². The lowest BCUT2D eigenvalue weighted by atomic mass is 10.0. The van der Waals surface area contributed by atoms with E-state index >= 15 is 0 Å². The summed E-state index contributed by atoms with van der Waals surface area (Å²) >= 11 is 0. The zero-order valence-corrected chi connectivity index (χ0v) is 18.0. The molecule has 1 N–H and O–H groups in total. The van der Waals surface area contributed by atoms with Crippen molar-refractivity contribution >= 4 is 5.91 Å². The lowest BCUT2D eigenvalue weighted by Gasteiger charge is -2.19. The molecule has 0 radical (unpaired) electrons. The molecular weight excluding hydrogens is 388 g/mol. The maximum atomic E-state index is 12.8. The van der Waals surface area contributed by atoms with Crippen LogP contribution >= 0.6 is 0 Å². The topological polar surface area (TPSA) is 113 Å². The summed E-state index contributed by atoms with van der Waals surface area (Å²) in [6, 6.07) is 4.61. The molecule has 0 spiro atoms. The Hall–Kier alpha value is -3.36. The van der Waals surface area contributed by atoms with Crippen LogP contribution in [0.2, 0.25) is 0 Å². The number of nitrogens with one attached hydrogen (secondary N) is 1. The van der Waals surface area contributed by atoms with Crippen molar-refractivity contribution in [1.29, 1.82) is 0 Å². The lowest BCUT2D eigenvalue weighted by molar-refractivity contribution is 0.0913. The number of carbonyl (C=O) groups excluding carboxylic acids is 1. The van der Waals surface area contributed by atoms with Crippen LogP contribution in [0, 0.1) is 26.7 Å². The van der Waals surface area contributed by atoms with E-state index in [2.05, 4.69) is 20.6 Å². The number of hydrogen-bond acceptors (Lipinski definition) is 8. The van der Waals surface area contributed by atoms with Gasteiger partial charge in [0.25, 0.3) is 5.91 Å². The first-order valence-electron chi connectivity index (χ1n) is 9.63. The fourth-order valence-electron chi connectivity index (χ4n) is 2.96. The van der Waals surface area contributed by atoms with E-state index < -0.39 is 6.04 Å². The molecule has 1 atom stereocenters. The standard InChI is InChI=1S/C21H26N4O5/c1-11(2)19(21-22-14(5)25-30-21)23-20(26)15-7-8-17(18(9-15)27-6)28-10-16-12(3)24-29-13(16)4/h7-9,11,19H,10H2,1-6H3,(H,23,26). The van der Waals surface area contributed by atoms with Gasteiger partial charge in [0, 0.05) is 5.56 Å². The number of hydrogen-bond donors (Lipinski definition) is 1. The van der Waals surface area contributed by atoms with Crippen LogP contribution in [0.1, 0.15) is 59.0 Å². The second-order valence-electron chi connectivity index (χ2n) is 7.33. The minimum absolute atomic E-state index is 0.0633. The zero-order chi connectivity index (χ0) is 21.8. The van der Waals surface area contributed by atoms with Crippen LogP contribution in [0.4, 0.5) is 0 Å². The van der Waals surface area contributed by atoms with E-state index in [4.69, 9.17) is 18.5 Å². The number of rotatable bonds is 8. The molecule has 1 unspecified atom stereocenters. The minimum Gasteiger partial charge on any atom is -0.493 e. The highest BCUT2D eigenvalue weighted by molar-refractivity contribution is 5.95. The smallest absolute Gasteiger partial charge is 0.252 e. The van der Waals surface area contributed by atoms with Crippen LogP contribution in [0.15, 0.2) is 27.2 Å². The molecule has 2 aromatic heterocycles. The molecule has 3 aromatic rings. The van der Waals surface area contributed by atoms with Gasteiger partial charge < -0.3 is 23.8 Å². The largest absolute Gasteiger partial charge is 0.493 e. The van der Waals surface area contributed by atoms with E-state index in [9.17, 15) is 4.79 Å². The van der Waals surface area contributed by atoms with Crippen molar-refractivity contribution in [2.24, 2.45) is 5.92 Å². The maximum absolute atomic E-state index is 12.8. The van der Waals surface area contributed by atoms with Gasteiger partial charge in [0.2, 0.25) is 5.89 Å². The van der Waals surface area contributed by atoms with Crippen molar-refractivity contribution < 1.29 is 23.3 Å². The highest BCUT2D eigenvalue weighted by Crippen LogP contribution is 2.30. The van der Waals surface area contributed by atoms with Gasteiger partial charge in [0.15, 0.2) is 17.3 Å². The quantitative estimate of drug-likeness (QED) is 0.594. The highest BCUT2D eigenvalue weighted by atomic mass is 16.5. The molecule has 9 heteroatoms. The maximum Gasteiger partial charge on any atom is 0.252 e. The Morgan fingerprint density at radius 3 is 2.47 bits per heavy atom. The molecule has 160 valence electrons. The molecule has 0 aliphatic heterocycles. The number of amides is 1. The predicted octanol–water partition coefficient (Wildman–Crippen LogP) is 3.70. The molecule has 1 aromatic carbocycles. The molecule has 0 saturated heterocycles. The van der Waals surface area contributed by atoms with Crippen molar-refractivity contribution in [2.75, 3.05) is 7.11 Å². The zero-order valence-electron chi connectivity index (χ0n) is 18.0. The van der Waals surface area contributed by atoms with Crippen molar-refractivity contribution in [3.63, 3.8) is 0 Å². The molecule has 0 fully saturated rings. The van der Waals surface area contributed by atoms with Crippen LogP contribution in [-0.4, -0.2) is 28.3 Å². The fourth-order valence-corrected chi connectivity index (χ4v) is 2.96. The molecule has 0 aliphatic carbocycles. The minimum atomic E-state index is -0.403. The molecule has 3 rings (SSSR count). The van der Waals surface area contributed by atoms with Crippen LogP contribution in [-0.2, 0) is 6.61 Å². The number of carbonyl (C=O) groups is 1. The Balaban J connectivity index is 1.75. The Bertz CT molecular complexity index is 1000. The Labute approximate surface area is 174 Å². The van der Waals surface area contributed by atoms with E-state index in [1.54, 1.807) is 25.1 Å². The summed E-state index contributed by atoms with van der Waals surface area (Å²) in [6.07, 6.45) is 0. The molecule has 0 saturated carbocycles. The lowest BCUT2D eigenvalue weighted by Crippen LogP contribution is -2.32. The summed E-state index contributed by atoms with van der Waals surface area (Å²) < 4.78 is 21.7. The normalized spacial score (nSPS) is 12.1. The van der Waals surface area contributed by atoms with Crippen LogP contribution < -0.4 is 14.8 Å². The molecule has 30 heavy (non-hydrogen) atoms. The molecule has 9 nitrogen and oxygen atoms in total. The number of nitrogens with zero attached hydrogens (tertiary/aromatic N) is 3. The van der Waals surface area contributed by atoms with Crippen molar-refractivity contribution in [1.82, 2.24) is 20.6 Å². The number of methoxy groups -OCH3 is 1. The van der Waals surface area contributed by atoms with E-state index in [1.165, 1.54) is 7.11 Å². The first-order valence-corrected chi connectivity index (χ1v) is 9.63. The first kappa shape index (κ1) is 21.4. The van der Waals surface area contributed by atoms with Gasteiger partial charge >= 0.3 is 0 Å². The summed E-state index contributed by atoms with van der Waals surface area (Å²) in [4.78, 5) is 17.1. The average molecular weight is 414 g/mol. The van der Waals surface area contributed by atoms with Crippen molar-refractivity contribution in [2.45, 2.75) is 47.3 Å². The summed E-state index contributed by atoms with van der Waals surface area (Å²) in [5, 5.41) is 10.7.